The molecule has 10 nitrogen and oxygen atoms in total. The summed E-state index contributed by atoms with van der Waals surface area (Å²) in [6.45, 7) is 2.22. The molecule has 1 amide bonds. The second-order valence-electron chi connectivity index (χ2n) is 6.58. The van der Waals surface area contributed by atoms with Crippen LogP contribution in [0.5, 0.6) is 0 Å². The Labute approximate surface area is 167 Å². The Hall–Kier alpha value is -3.27. The first kappa shape index (κ1) is 22.0. The number of carboxylic acids is 1. The van der Waals surface area contributed by atoms with E-state index in [0.29, 0.717) is 43.9 Å². The number of amides is 1. The molecule has 2 heterocycles. The molecule has 10 heteroatoms. The van der Waals surface area contributed by atoms with E-state index >= 15 is 0 Å². The second kappa shape index (κ2) is 10.9. The minimum atomic E-state index is -0.886. The zero-order valence-corrected chi connectivity index (χ0v) is 16.0. The number of rotatable bonds is 7. The van der Waals surface area contributed by atoms with Crippen molar-refractivity contribution in [3.8, 4) is 11.4 Å². The number of nitrogens with one attached hydrogen (secondary N) is 2. The summed E-state index contributed by atoms with van der Waals surface area (Å²) in [6, 6.07) is 7.09. The molecule has 2 aromatic rings. The maximum Gasteiger partial charge on any atom is 0.320 e. The topological polar surface area (TPSA) is 155 Å². The standard InChI is InChI=1S/C18H22N4O4.CH2O2/c1-11-5-2-3-6-13(11)17-21-16(26-22-17)8-4-7-15(23)20-12-9-14(18(24)25)19-10-12;2-1-3/h2-3,5-6,12,14,19H,4,7-10H2,1H3,(H,20,23)(H,24,25);1H,(H,2,3)/t12-,14-;/m0./s1. The quantitative estimate of drug-likeness (QED) is 0.495. The third-order valence-electron chi connectivity index (χ3n) is 4.44. The predicted molar refractivity (Wildman–Crippen MR) is 102 cm³/mol. The molecule has 0 bridgehead atoms. The van der Waals surface area contributed by atoms with E-state index in [1.807, 2.05) is 31.2 Å². The summed E-state index contributed by atoms with van der Waals surface area (Å²) < 4.78 is 5.26. The Balaban J connectivity index is 0.000000941. The molecule has 1 aliphatic heterocycles. The first-order chi connectivity index (χ1) is 13.9. The number of nitrogens with zero attached hydrogens (tertiary/aromatic N) is 2. The van der Waals surface area contributed by atoms with Crippen molar-refractivity contribution in [2.24, 2.45) is 0 Å². The van der Waals surface area contributed by atoms with Crippen LogP contribution in [0.15, 0.2) is 28.8 Å². The van der Waals surface area contributed by atoms with Crippen LogP contribution in [0.25, 0.3) is 11.4 Å². The van der Waals surface area contributed by atoms with Gasteiger partial charge in [0.15, 0.2) is 0 Å². The number of aromatic nitrogens is 2. The Morgan fingerprint density at radius 3 is 2.76 bits per heavy atom. The highest BCUT2D eigenvalue weighted by Gasteiger charge is 2.29. The Bertz CT molecular complexity index is 838. The third kappa shape index (κ3) is 6.68. The van der Waals surface area contributed by atoms with Crippen LogP contribution < -0.4 is 10.6 Å². The van der Waals surface area contributed by atoms with Crippen LogP contribution in [-0.4, -0.2) is 57.3 Å². The molecule has 0 saturated carbocycles. The van der Waals surface area contributed by atoms with Gasteiger partial charge in [0, 0.05) is 31.0 Å². The number of carbonyl (C=O) groups excluding carboxylic acids is 1. The zero-order valence-electron chi connectivity index (χ0n) is 16.0. The highest BCUT2D eigenvalue weighted by molar-refractivity contribution is 5.77. The number of hydrogen-bond donors (Lipinski definition) is 4. The first-order valence-electron chi connectivity index (χ1n) is 9.16. The van der Waals surface area contributed by atoms with Crippen LogP contribution in [0.4, 0.5) is 0 Å². The molecule has 0 unspecified atom stereocenters. The lowest BCUT2D eigenvalue weighted by Gasteiger charge is -2.10. The maximum absolute atomic E-state index is 12.0. The van der Waals surface area contributed by atoms with Gasteiger partial charge >= 0.3 is 5.97 Å². The molecule has 1 saturated heterocycles. The molecule has 4 N–H and O–H groups in total. The number of hydrogen-bond acceptors (Lipinski definition) is 7. The van der Waals surface area contributed by atoms with Crippen LogP contribution in [0, 0.1) is 6.92 Å². The molecule has 0 spiro atoms. The average Bonchev–Trinajstić information content (AvgIpc) is 3.33. The number of aryl methyl sites for hydroxylation is 2. The summed E-state index contributed by atoms with van der Waals surface area (Å²) in [7, 11) is 0. The smallest absolute Gasteiger partial charge is 0.320 e. The zero-order chi connectivity index (χ0) is 21.2. The molecule has 1 aliphatic rings. The van der Waals surface area contributed by atoms with Crippen LogP contribution in [0.2, 0.25) is 0 Å². The van der Waals surface area contributed by atoms with Crippen molar-refractivity contribution in [2.75, 3.05) is 6.54 Å². The van der Waals surface area contributed by atoms with Gasteiger partial charge in [0.05, 0.1) is 0 Å². The lowest BCUT2D eigenvalue weighted by atomic mass is 10.1. The first-order valence-corrected chi connectivity index (χ1v) is 9.16. The van der Waals surface area contributed by atoms with Gasteiger partial charge in [0.1, 0.15) is 6.04 Å². The molecule has 1 fully saturated rings. The molecule has 156 valence electrons. The second-order valence-corrected chi connectivity index (χ2v) is 6.58. The van der Waals surface area contributed by atoms with Crippen molar-refractivity contribution < 1.29 is 29.1 Å². The molecule has 1 aromatic heterocycles. The third-order valence-corrected chi connectivity index (χ3v) is 4.44. The molecule has 1 aromatic carbocycles. The number of aliphatic carboxylic acids is 1. The summed E-state index contributed by atoms with van der Waals surface area (Å²) in [5.41, 5.74) is 2.01. The monoisotopic (exact) mass is 404 g/mol. The highest BCUT2D eigenvalue weighted by atomic mass is 16.5. The van der Waals surface area contributed by atoms with Gasteiger partial charge in [0.2, 0.25) is 17.6 Å². The van der Waals surface area contributed by atoms with Crippen molar-refractivity contribution in [2.45, 2.75) is 44.7 Å². The van der Waals surface area contributed by atoms with Gasteiger partial charge in [-0.25, -0.2) is 0 Å². The van der Waals surface area contributed by atoms with Gasteiger partial charge in [-0.2, -0.15) is 4.98 Å². The van der Waals surface area contributed by atoms with Crippen LogP contribution in [-0.2, 0) is 20.8 Å². The number of carbonyl (C=O) groups is 3. The molecule has 0 radical (unpaired) electrons. The largest absolute Gasteiger partial charge is 0.483 e. The van der Waals surface area contributed by atoms with E-state index in [2.05, 4.69) is 20.8 Å². The molecular formula is C19H24N4O6. The van der Waals surface area contributed by atoms with Crippen LogP contribution >= 0.6 is 0 Å². The van der Waals surface area contributed by atoms with Gasteiger partial charge in [-0.1, -0.05) is 29.4 Å². The number of benzene rings is 1. The van der Waals surface area contributed by atoms with E-state index in [4.69, 9.17) is 19.5 Å². The summed E-state index contributed by atoms with van der Waals surface area (Å²) >= 11 is 0. The van der Waals surface area contributed by atoms with Gasteiger partial charge in [-0.05, 0) is 25.3 Å². The fourth-order valence-corrected chi connectivity index (χ4v) is 3.02. The highest BCUT2D eigenvalue weighted by Crippen LogP contribution is 2.20. The number of carboxylic acid groups (broad SMARTS) is 2. The van der Waals surface area contributed by atoms with Gasteiger partial charge in [-0.15, -0.1) is 0 Å². The predicted octanol–water partition coefficient (Wildman–Crippen LogP) is 1.000. The van der Waals surface area contributed by atoms with Gasteiger partial charge in [0.25, 0.3) is 6.47 Å². The van der Waals surface area contributed by atoms with Crippen molar-refractivity contribution in [3.05, 3.63) is 35.7 Å². The average molecular weight is 404 g/mol. The summed E-state index contributed by atoms with van der Waals surface area (Å²) in [6.07, 6.45) is 1.84. The maximum atomic E-state index is 12.0. The van der Waals surface area contributed by atoms with E-state index < -0.39 is 12.0 Å². The van der Waals surface area contributed by atoms with Gasteiger partial charge < -0.3 is 25.4 Å². The Morgan fingerprint density at radius 2 is 2.10 bits per heavy atom. The fourth-order valence-electron chi connectivity index (χ4n) is 3.02. The summed E-state index contributed by atoms with van der Waals surface area (Å²) in [5, 5.41) is 25.6. The lowest BCUT2D eigenvalue weighted by molar-refractivity contribution is -0.139. The molecule has 29 heavy (non-hydrogen) atoms. The van der Waals surface area contributed by atoms with Crippen molar-refractivity contribution in [3.63, 3.8) is 0 Å². The van der Waals surface area contributed by atoms with Gasteiger partial charge in [-0.3, -0.25) is 14.4 Å². The van der Waals surface area contributed by atoms with E-state index in [-0.39, 0.29) is 18.4 Å². The van der Waals surface area contributed by atoms with Crippen molar-refractivity contribution in [1.82, 2.24) is 20.8 Å². The van der Waals surface area contributed by atoms with Crippen molar-refractivity contribution in [1.29, 1.82) is 0 Å². The van der Waals surface area contributed by atoms with E-state index in [1.54, 1.807) is 0 Å². The molecule has 0 aliphatic carbocycles. The van der Waals surface area contributed by atoms with E-state index in [9.17, 15) is 9.59 Å². The Kier molecular flexibility index (Phi) is 8.28. The van der Waals surface area contributed by atoms with E-state index in [0.717, 1.165) is 11.1 Å². The molecular weight excluding hydrogens is 380 g/mol. The minimum Gasteiger partial charge on any atom is -0.483 e. The summed E-state index contributed by atoms with van der Waals surface area (Å²) in [5.74, 6) is 0.0768. The lowest BCUT2D eigenvalue weighted by Crippen LogP contribution is -2.36. The molecule has 3 rings (SSSR count). The normalized spacial score (nSPS) is 17.8. The van der Waals surface area contributed by atoms with Crippen LogP contribution in [0.3, 0.4) is 0 Å². The molecule has 2 atom stereocenters. The minimum absolute atomic E-state index is 0.0959. The fraction of sp³-hybridized carbons (Fsp3) is 0.421. The van der Waals surface area contributed by atoms with Crippen molar-refractivity contribution >= 4 is 18.3 Å². The van der Waals surface area contributed by atoms with E-state index in [1.165, 1.54) is 0 Å². The Morgan fingerprint density at radius 1 is 1.38 bits per heavy atom. The summed E-state index contributed by atoms with van der Waals surface area (Å²) in [4.78, 5) is 35.6. The SMILES string of the molecule is Cc1ccccc1-c1noc(CCCC(=O)N[C@@H]2CN[C@H](C(=O)O)C2)n1.O=CO. The van der Waals surface area contributed by atoms with Crippen LogP contribution in [0.1, 0.15) is 30.7 Å².